The number of carboxylic acid groups (broad SMARTS) is 1. The van der Waals surface area contributed by atoms with E-state index in [9.17, 15) is 9.59 Å². The number of hydrogen-bond acceptors (Lipinski definition) is 4. The number of benzene rings is 2. The minimum absolute atomic E-state index is 0.197. The van der Waals surface area contributed by atoms with Gasteiger partial charge in [-0.05, 0) is 49.1 Å². The zero-order chi connectivity index (χ0) is 19.5. The van der Waals surface area contributed by atoms with Crippen LogP contribution in [0, 0.1) is 0 Å². The molecule has 1 heterocycles. The van der Waals surface area contributed by atoms with Crippen LogP contribution in [0.25, 0.3) is 5.69 Å². The molecule has 1 amide bonds. The molecular weight excluding hydrogens is 356 g/mol. The molecule has 0 unspecified atom stereocenters. The number of fused-ring (bicyclic) bond motifs is 1. The molecule has 4 rings (SSSR count). The van der Waals surface area contributed by atoms with Crippen molar-refractivity contribution < 1.29 is 14.7 Å². The van der Waals surface area contributed by atoms with Crippen molar-refractivity contribution in [1.29, 1.82) is 0 Å². The number of carboxylic acids is 1. The third-order valence-electron chi connectivity index (χ3n) is 4.68. The van der Waals surface area contributed by atoms with Gasteiger partial charge in [0.2, 0.25) is 0 Å². The molecule has 3 aromatic rings. The topological polar surface area (TPSA) is 96.6 Å². The smallest absolute Gasteiger partial charge is 0.335 e. The summed E-state index contributed by atoms with van der Waals surface area (Å²) in [6.07, 6.45) is 4.19. The summed E-state index contributed by atoms with van der Waals surface area (Å²) < 4.78 is 1.84. The van der Waals surface area contributed by atoms with Crippen LogP contribution in [-0.2, 0) is 12.8 Å². The minimum Gasteiger partial charge on any atom is -0.478 e. The van der Waals surface area contributed by atoms with Crippen molar-refractivity contribution in [1.82, 2.24) is 15.2 Å². The highest BCUT2D eigenvalue weighted by molar-refractivity contribution is 5.95. The molecule has 0 aliphatic heterocycles. The van der Waals surface area contributed by atoms with Crippen LogP contribution in [-0.4, -0.2) is 33.0 Å². The molecule has 0 radical (unpaired) electrons. The molecule has 7 nitrogen and oxygen atoms in total. The van der Waals surface area contributed by atoms with Gasteiger partial charge in [-0.15, -0.1) is 0 Å². The lowest BCUT2D eigenvalue weighted by molar-refractivity contribution is 0.0696. The van der Waals surface area contributed by atoms with Gasteiger partial charge in [0.25, 0.3) is 5.91 Å². The SMILES string of the molecule is O=C(O)c1ccc(/C=N/NC(=O)c2nn(-c3ccccc3)c3c2CCC3)cc1. The Labute approximate surface area is 161 Å². The maximum atomic E-state index is 12.6. The molecule has 0 saturated heterocycles. The number of nitrogens with zero attached hydrogens (tertiary/aromatic N) is 3. The minimum atomic E-state index is -0.986. The van der Waals surface area contributed by atoms with Gasteiger partial charge in [0.05, 0.1) is 17.5 Å². The molecule has 7 heteroatoms. The number of para-hydroxylation sites is 1. The molecule has 1 aliphatic carbocycles. The average molecular weight is 374 g/mol. The Morgan fingerprint density at radius 2 is 1.82 bits per heavy atom. The van der Waals surface area contributed by atoms with Crippen LogP contribution >= 0.6 is 0 Å². The van der Waals surface area contributed by atoms with Crippen molar-refractivity contribution in [2.24, 2.45) is 5.10 Å². The normalized spacial score (nSPS) is 12.9. The van der Waals surface area contributed by atoms with Crippen LogP contribution in [0.5, 0.6) is 0 Å². The van der Waals surface area contributed by atoms with Gasteiger partial charge in [-0.1, -0.05) is 30.3 Å². The molecule has 0 spiro atoms. The summed E-state index contributed by atoms with van der Waals surface area (Å²) >= 11 is 0. The molecule has 0 fully saturated rings. The predicted octanol–water partition coefficient (Wildman–Crippen LogP) is 2.82. The summed E-state index contributed by atoms with van der Waals surface area (Å²) in [4.78, 5) is 23.5. The molecule has 0 saturated carbocycles. The number of hydrogen-bond donors (Lipinski definition) is 2. The lowest BCUT2D eigenvalue weighted by atomic mass is 10.1. The number of amides is 1. The Bertz CT molecular complexity index is 1050. The zero-order valence-corrected chi connectivity index (χ0v) is 15.0. The van der Waals surface area contributed by atoms with Crippen molar-refractivity contribution >= 4 is 18.1 Å². The van der Waals surface area contributed by atoms with E-state index in [0.717, 1.165) is 36.2 Å². The van der Waals surface area contributed by atoms with E-state index in [4.69, 9.17) is 5.11 Å². The van der Waals surface area contributed by atoms with Crippen LogP contribution in [0.2, 0.25) is 0 Å². The Balaban J connectivity index is 1.52. The second-order valence-corrected chi connectivity index (χ2v) is 6.50. The first-order valence-corrected chi connectivity index (χ1v) is 8.96. The van der Waals surface area contributed by atoms with Crippen LogP contribution in [0.3, 0.4) is 0 Å². The van der Waals surface area contributed by atoms with Gasteiger partial charge in [-0.2, -0.15) is 10.2 Å². The quantitative estimate of drug-likeness (QED) is 0.530. The lowest BCUT2D eigenvalue weighted by Crippen LogP contribution is -2.20. The summed E-state index contributed by atoms with van der Waals surface area (Å²) in [5.41, 5.74) is 6.78. The number of aromatic carboxylic acids is 1. The van der Waals surface area contributed by atoms with E-state index in [1.54, 1.807) is 12.1 Å². The second-order valence-electron chi connectivity index (χ2n) is 6.50. The highest BCUT2D eigenvalue weighted by atomic mass is 16.4. The van der Waals surface area contributed by atoms with Crippen molar-refractivity contribution in [2.75, 3.05) is 0 Å². The number of carbonyl (C=O) groups excluding carboxylic acids is 1. The summed E-state index contributed by atoms with van der Waals surface area (Å²) in [7, 11) is 0. The molecule has 28 heavy (non-hydrogen) atoms. The van der Waals surface area contributed by atoms with Crippen molar-refractivity contribution in [3.05, 3.63) is 82.7 Å². The Hall–Kier alpha value is -3.74. The van der Waals surface area contributed by atoms with E-state index < -0.39 is 5.97 Å². The molecular formula is C21H18N4O3. The predicted molar refractivity (Wildman–Crippen MR) is 104 cm³/mol. The standard InChI is InChI=1S/C21H18N4O3/c26-20(23-22-13-14-9-11-15(12-10-14)21(27)28)19-17-7-4-8-18(17)25(24-19)16-5-2-1-3-6-16/h1-3,5-6,9-13H,4,7-8H2,(H,23,26)(H,27,28)/b22-13+. The van der Waals surface area contributed by atoms with Crippen molar-refractivity contribution in [2.45, 2.75) is 19.3 Å². The summed E-state index contributed by atoms with van der Waals surface area (Å²) in [6, 6.07) is 16.0. The first-order valence-electron chi connectivity index (χ1n) is 8.96. The maximum Gasteiger partial charge on any atom is 0.335 e. The summed E-state index contributed by atoms with van der Waals surface area (Å²) in [5, 5.41) is 17.4. The van der Waals surface area contributed by atoms with E-state index in [-0.39, 0.29) is 11.5 Å². The largest absolute Gasteiger partial charge is 0.478 e. The van der Waals surface area contributed by atoms with E-state index in [1.807, 2.05) is 35.0 Å². The van der Waals surface area contributed by atoms with Crippen molar-refractivity contribution in [3.8, 4) is 5.69 Å². The van der Waals surface area contributed by atoms with Gasteiger partial charge >= 0.3 is 5.97 Å². The first kappa shape index (κ1) is 17.7. The van der Waals surface area contributed by atoms with E-state index >= 15 is 0 Å². The average Bonchev–Trinajstić information content (AvgIpc) is 3.31. The highest BCUT2D eigenvalue weighted by Gasteiger charge is 2.26. The van der Waals surface area contributed by atoms with E-state index in [2.05, 4.69) is 15.6 Å². The number of carbonyl (C=O) groups is 2. The Kier molecular flexibility index (Phi) is 4.72. The van der Waals surface area contributed by atoms with Crippen LogP contribution in [0.1, 0.15) is 44.1 Å². The monoisotopic (exact) mass is 374 g/mol. The summed E-state index contributed by atoms with van der Waals surface area (Å²) in [6.45, 7) is 0. The summed E-state index contributed by atoms with van der Waals surface area (Å²) in [5.74, 6) is -1.34. The second kappa shape index (κ2) is 7.48. The van der Waals surface area contributed by atoms with Crippen LogP contribution in [0.4, 0.5) is 0 Å². The number of rotatable bonds is 5. The van der Waals surface area contributed by atoms with Gasteiger partial charge in [-0.3, -0.25) is 4.79 Å². The van der Waals surface area contributed by atoms with Gasteiger partial charge in [0.1, 0.15) is 0 Å². The van der Waals surface area contributed by atoms with Gasteiger partial charge in [0.15, 0.2) is 5.69 Å². The molecule has 2 aromatic carbocycles. The van der Waals surface area contributed by atoms with Crippen LogP contribution < -0.4 is 5.43 Å². The van der Waals surface area contributed by atoms with Crippen molar-refractivity contribution in [3.63, 3.8) is 0 Å². The molecule has 1 aliphatic rings. The Morgan fingerprint density at radius 1 is 1.07 bits per heavy atom. The Morgan fingerprint density at radius 3 is 2.54 bits per heavy atom. The van der Waals surface area contributed by atoms with Gasteiger partial charge < -0.3 is 5.11 Å². The number of aromatic nitrogens is 2. The molecule has 1 aromatic heterocycles. The van der Waals surface area contributed by atoms with E-state index in [1.165, 1.54) is 18.3 Å². The fourth-order valence-electron chi connectivity index (χ4n) is 3.33. The van der Waals surface area contributed by atoms with Gasteiger partial charge in [-0.25, -0.2) is 14.9 Å². The zero-order valence-electron chi connectivity index (χ0n) is 15.0. The third-order valence-corrected chi connectivity index (χ3v) is 4.68. The lowest BCUT2D eigenvalue weighted by Gasteiger charge is -2.04. The van der Waals surface area contributed by atoms with E-state index in [0.29, 0.717) is 11.3 Å². The highest BCUT2D eigenvalue weighted by Crippen LogP contribution is 2.27. The fourth-order valence-corrected chi connectivity index (χ4v) is 3.33. The molecule has 0 atom stereocenters. The molecule has 140 valence electrons. The fraction of sp³-hybridized carbons (Fsp3) is 0.143. The number of nitrogens with one attached hydrogen (secondary N) is 1. The third kappa shape index (κ3) is 3.42. The molecule has 2 N–H and O–H groups in total. The number of hydrazone groups is 1. The van der Waals surface area contributed by atoms with Crippen LogP contribution in [0.15, 0.2) is 59.7 Å². The molecule has 0 bridgehead atoms. The first-order chi connectivity index (χ1) is 13.6. The maximum absolute atomic E-state index is 12.6. The van der Waals surface area contributed by atoms with Gasteiger partial charge in [0, 0.05) is 11.3 Å².